The SMILES string of the molecule is CCOC(=O)c1ccc(NC(=O)CSc2nc(-c3ccncc3)cc(C(F)(F)F)c2C#N)cc1. The van der Waals surface area contributed by atoms with Gasteiger partial charge in [0.05, 0.1) is 34.7 Å². The van der Waals surface area contributed by atoms with Crippen LogP contribution in [0.5, 0.6) is 0 Å². The summed E-state index contributed by atoms with van der Waals surface area (Å²) in [5, 5.41) is 11.8. The Morgan fingerprint density at radius 2 is 1.82 bits per heavy atom. The van der Waals surface area contributed by atoms with Gasteiger partial charge in [0.2, 0.25) is 5.91 Å². The lowest BCUT2D eigenvalue weighted by Crippen LogP contribution is -2.15. The second kappa shape index (κ2) is 10.8. The van der Waals surface area contributed by atoms with Gasteiger partial charge >= 0.3 is 12.1 Å². The van der Waals surface area contributed by atoms with E-state index in [9.17, 15) is 28.0 Å². The molecule has 0 aliphatic carbocycles. The standard InChI is InChI=1S/C23H17F3N4O3S/c1-2-33-22(32)15-3-5-16(6-4-15)29-20(31)13-34-21-17(12-27)18(23(24,25)26)11-19(30-21)14-7-9-28-10-8-14/h3-11H,2,13H2,1H3,(H,29,31). The third-order valence-electron chi connectivity index (χ3n) is 4.40. The second-order valence-electron chi connectivity index (χ2n) is 6.72. The van der Waals surface area contributed by atoms with E-state index in [1.807, 2.05) is 0 Å². The molecule has 0 spiro atoms. The summed E-state index contributed by atoms with van der Waals surface area (Å²) >= 11 is 0.717. The first-order valence-electron chi connectivity index (χ1n) is 9.85. The largest absolute Gasteiger partial charge is 0.462 e. The van der Waals surface area contributed by atoms with Crippen LogP contribution >= 0.6 is 11.8 Å². The number of aromatic nitrogens is 2. The predicted molar refractivity (Wildman–Crippen MR) is 119 cm³/mol. The van der Waals surface area contributed by atoms with Crippen molar-refractivity contribution >= 4 is 29.3 Å². The number of anilines is 1. The molecular formula is C23H17F3N4O3S. The van der Waals surface area contributed by atoms with Crippen molar-refractivity contribution in [2.24, 2.45) is 0 Å². The van der Waals surface area contributed by atoms with Crippen molar-refractivity contribution in [3.8, 4) is 17.3 Å². The highest BCUT2D eigenvalue weighted by Gasteiger charge is 2.36. The summed E-state index contributed by atoms with van der Waals surface area (Å²) in [7, 11) is 0. The molecule has 0 unspecified atom stereocenters. The first-order chi connectivity index (χ1) is 16.2. The van der Waals surface area contributed by atoms with Crippen molar-refractivity contribution in [1.82, 2.24) is 9.97 Å². The van der Waals surface area contributed by atoms with E-state index < -0.39 is 29.2 Å². The molecular weight excluding hydrogens is 469 g/mol. The Hall–Kier alpha value is -3.91. The molecule has 3 aromatic rings. The summed E-state index contributed by atoms with van der Waals surface area (Å²) < 4.78 is 45.8. The van der Waals surface area contributed by atoms with Crippen LogP contribution in [0.3, 0.4) is 0 Å². The van der Waals surface area contributed by atoms with Gasteiger partial charge in [-0.3, -0.25) is 9.78 Å². The second-order valence-corrected chi connectivity index (χ2v) is 7.68. The van der Waals surface area contributed by atoms with Crippen LogP contribution in [-0.2, 0) is 15.7 Å². The summed E-state index contributed by atoms with van der Waals surface area (Å²) in [5.74, 6) is -1.32. The molecule has 0 fully saturated rings. The Morgan fingerprint density at radius 1 is 1.15 bits per heavy atom. The van der Waals surface area contributed by atoms with Gasteiger partial charge in [-0.25, -0.2) is 9.78 Å². The van der Waals surface area contributed by atoms with Crippen LogP contribution in [0.15, 0.2) is 59.9 Å². The molecule has 7 nitrogen and oxygen atoms in total. The minimum atomic E-state index is -4.78. The summed E-state index contributed by atoms with van der Waals surface area (Å²) in [5.41, 5.74) is -0.696. The predicted octanol–water partition coefficient (Wildman–Crippen LogP) is 4.94. The minimum Gasteiger partial charge on any atom is -0.462 e. The highest BCUT2D eigenvalue weighted by molar-refractivity contribution is 8.00. The molecule has 0 saturated carbocycles. The molecule has 174 valence electrons. The topological polar surface area (TPSA) is 105 Å². The Labute approximate surface area is 197 Å². The zero-order valence-corrected chi connectivity index (χ0v) is 18.5. The molecule has 0 bridgehead atoms. The molecule has 1 N–H and O–H groups in total. The lowest BCUT2D eigenvalue weighted by atomic mass is 10.1. The average Bonchev–Trinajstić information content (AvgIpc) is 2.82. The lowest BCUT2D eigenvalue weighted by molar-refractivity contribution is -0.138. The summed E-state index contributed by atoms with van der Waals surface area (Å²) in [6.07, 6.45) is -1.96. The monoisotopic (exact) mass is 486 g/mol. The lowest BCUT2D eigenvalue weighted by Gasteiger charge is -2.14. The number of carbonyl (C=O) groups is 2. The van der Waals surface area contributed by atoms with E-state index in [2.05, 4.69) is 15.3 Å². The van der Waals surface area contributed by atoms with Gasteiger partial charge in [0.15, 0.2) is 0 Å². The Morgan fingerprint density at radius 3 is 2.41 bits per heavy atom. The fraction of sp³-hybridized carbons (Fsp3) is 0.174. The number of pyridine rings is 2. The number of carbonyl (C=O) groups excluding carboxylic acids is 2. The van der Waals surface area contributed by atoms with Gasteiger partial charge in [0.1, 0.15) is 11.1 Å². The number of ether oxygens (including phenoxy) is 1. The van der Waals surface area contributed by atoms with E-state index in [1.54, 1.807) is 13.0 Å². The van der Waals surface area contributed by atoms with Gasteiger partial charge in [-0.2, -0.15) is 18.4 Å². The molecule has 0 aliphatic rings. The van der Waals surface area contributed by atoms with E-state index in [0.29, 0.717) is 16.8 Å². The van der Waals surface area contributed by atoms with Crippen LogP contribution in [0.1, 0.15) is 28.4 Å². The van der Waals surface area contributed by atoms with Crippen LogP contribution in [-0.4, -0.2) is 34.2 Å². The Bertz CT molecular complexity index is 1230. The number of halogens is 3. The highest BCUT2D eigenvalue weighted by Crippen LogP contribution is 2.37. The summed E-state index contributed by atoms with van der Waals surface area (Å²) in [4.78, 5) is 32.1. The zero-order valence-electron chi connectivity index (χ0n) is 17.7. The van der Waals surface area contributed by atoms with Gasteiger partial charge < -0.3 is 10.1 Å². The minimum absolute atomic E-state index is 0.00573. The van der Waals surface area contributed by atoms with Crippen LogP contribution in [0.25, 0.3) is 11.3 Å². The number of esters is 1. The van der Waals surface area contributed by atoms with Crippen molar-refractivity contribution in [3.05, 3.63) is 71.5 Å². The van der Waals surface area contributed by atoms with E-state index in [1.165, 1.54) is 48.8 Å². The van der Waals surface area contributed by atoms with Crippen molar-refractivity contribution in [2.45, 2.75) is 18.1 Å². The fourth-order valence-electron chi connectivity index (χ4n) is 2.86. The maximum atomic E-state index is 13.6. The molecule has 0 atom stereocenters. The third-order valence-corrected chi connectivity index (χ3v) is 5.37. The molecule has 1 amide bonds. The number of thioether (sulfide) groups is 1. The van der Waals surface area contributed by atoms with Crippen LogP contribution in [0.2, 0.25) is 0 Å². The van der Waals surface area contributed by atoms with Gasteiger partial charge in [-0.05, 0) is 49.4 Å². The normalized spacial score (nSPS) is 10.9. The molecule has 1 aromatic carbocycles. The number of hydrogen-bond acceptors (Lipinski definition) is 7. The van der Waals surface area contributed by atoms with E-state index in [-0.39, 0.29) is 23.1 Å². The highest BCUT2D eigenvalue weighted by atomic mass is 32.2. The fourth-order valence-corrected chi connectivity index (χ4v) is 3.67. The Balaban J connectivity index is 1.80. The zero-order chi connectivity index (χ0) is 24.7. The maximum absolute atomic E-state index is 13.6. The first-order valence-corrected chi connectivity index (χ1v) is 10.8. The summed E-state index contributed by atoms with van der Waals surface area (Å²) in [6.45, 7) is 1.91. The third kappa shape index (κ3) is 6.11. The quantitative estimate of drug-likeness (QED) is 0.372. The van der Waals surface area contributed by atoms with Gasteiger partial charge in [-0.15, -0.1) is 0 Å². The molecule has 0 aliphatic heterocycles. The number of nitrogens with zero attached hydrogens (tertiary/aromatic N) is 3. The van der Waals surface area contributed by atoms with E-state index in [4.69, 9.17) is 4.74 Å². The van der Waals surface area contributed by atoms with Gasteiger partial charge in [-0.1, -0.05) is 11.8 Å². The molecule has 34 heavy (non-hydrogen) atoms. The number of nitrogens with one attached hydrogen (secondary N) is 1. The molecule has 11 heteroatoms. The van der Waals surface area contributed by atoms with Crippen molar-refractivity contribution in [2.75, 3.05) is 17.7 Å². The first kappa shape index (κ1) is 24.7. The number of alkyl halides is 3. The van der Waals surface area contributed by atoms with Crippen molar-refractivity contribution in [3.63, 3.8) is 0 Å². The number of nitriles is 1. The van der Waals surface area contributed by atoms with E-state index >= 15 is 0 Å². The van der Waals surface area contributed by atoms with Crippen LogP contribution < -0.4 is 5.32 Å². The number of hydrogen-bond donors (Lipinski definition) is 1. The molecule has 2 heterocycles. The maximum Gasteiger partial charge on any atom is 0.417 e. The van der Waals surface area contributed by atoms with Gasteiger partial charge in [0.25, 0.3) is 0 Å². The number of rotatable bonds is 7. The van der Waals surface area contributed by atoms with Crippen molar-refractivity contribution < 1.29 is 27.5 Å². The van der Waals surface area contributed by atoms with Gasteiger partial charge in [0, 0.05) is 23.6 Å². The Kier molecular flexibility index (Phi) is 7.86. The molecule has 0 radical (unpaired) electrons. The molecule has 3 rings (SSSR count). The van der Waals surface area contributed by atoms with Crippen LogP contribution in [0, 0.1) is 11.3 Å². The summed E-state index contributed by atoms with van der Waals surface area (Å²) in [6, 6.07) is 11.3. The number of benzene rings is 1. The average molecular weight is 486 g/mol. The molecule has 2 aromatic heterocycles. The molecule has 0 saturated heterocycles. The van der Waals surface area contributed by atoms with E-state index in [0.717, 1.165) is 17.8 Å². The van der Waals surface area contributed by atoms with Crippen molar-refractivity contribution in [1.29, 1.82) is 5.26 Å². The number of amides is 1. The van der Waals surface area contributed by atoms with Crippen LogP contribution in [0.4, 0.5) is 18.9 Å². The smallest absolute Gasteiger partial charge is 0.417 e.